The summed E-state index contributed by atoms with van der Waals surface area (Å²) in [5.74, 6) is -0.126. The summed E-state index contributed by atoms with van der Waals surface area (Å²) in [6, 6.07) is 13.4. The minimum atomic E-state index is -0.813. The number of aliphatic hydroxyl groups is 1. The van der Waals surface area contributed by atoms with Gasteiger partial charge in [0.1, 0.15) is 11.9 Å². The van der Waals surface area contributed by atoms with E-state index in [1.165, 1.54) is 25.3 Å². The molecule has 1 amide bonds. The molecule has 6 heteroatoms. The number of benzene rings is 2. The van der Waals surface area contributed by atoms with E-state index in [1.807, 2.05) is 0 Å². The van der Waals surface area contributed by atoms with Crippen LogP contribution < -0.4 is 11.1 Å². The minimum absolute atomic E-state index is 0.142. The van der Waals surface area contributed by atoms with Crippen molar-refractivity contribution >= 4 is 17.3 Å². The maximum absolute atomic E-state index is 11.9. The van der Waals surface area contributed by atoms with Crippen LogP contribution in [0.15, 0.2) is 60.7 Å². The molecule has 5 N–H and O–H groups in total. The summed E-state index contributed by atoms with van der Waals surface area (Å²) < 4.78 is 5.35. The summed E-state index contributed by atoms with van der Waals surface area (Å²) in [7, 11) is 1.53. The second-order valence-corrected chi connectivity index (χ2v) is 5.87. The number of allylic oxidation sites excluding steroid dienone is 1. The van der Waals surface area contributed by atoms with Crippen LogP contribution in [0.25, 0.3) is 0 Å². The van der Waals surface area contributed by atoms with Crippen molar-refractivity contribution < 1.29 is 19.7 Å². The number of nitrogen functional groups attached to an aromatic ring is 1. The molecule has 0 aliphatic heterocycles. The lowest BCUT2D eigenvalue weighted by molar-refractivity contribution is -0.111. The van der Waals surface area contributed by atoms with Gasteiger partial charge in [0, 0.05) is 7.11 Å². The molecule has 2 aromatic carbocycles. The van der Waals surface area contributed by atoms with E-state index in [2.05, 4.69) is 5.32 Å². The summed E-state index contributed by atoms with van der Waals surface area (Å²) in [6.07, 6.45) is 3.03. The third kappa shape index (κ3) is 5.61. The first kappa shape index (κ1) is 19.5. The van der Waals surface area contributed by atoms with Gasteiger partial charge in [0.15, 0.2) is 0 Å². The Morgan fingerprint density at radius 2 is 1.92 bits per heavy atom. The number of aliphatic hydroxyl groups excluding tert-OH is 1. The molecule has 138 valence electrons. The summed E-state index contributed by atoms with van der Waals surface area (Å²) in [5.41, 5.74) is 7.52. The van der Waals surface area contributed by atoms with Crippen LogP contribution in [0.2, 0.25) is 0 Å². The zero-order valence-corrected chi connectivity index (χ0v) is 14.6. The number of hydrogen-bond acceptors (Lipinski definition) is 5. The molecular formula is C20H24N2O4. The number of ether oxygens (including phenoxy) is 1. The Morgan fingerprint density at radius 1 is 1.23 bits per heavy atom. The number of phenolic OH excluding ortho intramolecular Hbond substituents is 1. The van der Waals surface area contributed by atoms with Gasteiger partial charge < -0.3 is 26.0 Å². The van der Waals surface area contributed by atoms with E-state index < -0.39 is 12.2 Å². The maximum Gasteiger partial charge on any atom is 0.248 e. The fourth-order valence-electron chi connectivity index (χ4n) is 2.53. The number of carbonyl (C=O) groups is 1. The van der Waals surface area contributed by atoms with Gasteiger partial charge in [-0.2, -0.15) is 0 Å². The van der Waals surface area contributed by atoms with Crippen LogP contribution in [0.4, 0.5) is 11.4 Å². The Hall–Kier alpha value is -2.83. The molecule has 0 radical (unpaired) electrons. The number of rotatable bonds is 8. The van der Waals surface area contributed by atoms with E-state index in [0.29, 0.717) is 29.8 Å². The predicted molar refractivity (Wildman–Crippen MR) is 102 cm³/mol. The molecule has 0 aromatic heterocycles. The smallest absolute Gasteiger partial charge is 0.248 e. The van der Waals surface area contributed by atoms with Crippen molar-refractivity contribution in [2.24, 2.45) is 0 Å². The van der Waals surface area contributed by atoms with E-state index in [0.717, 1.165) is 0 Å². The molecule has 0 aliphatic carbocycles. The first-order chi connectivity index (χ1) is 12.5. The van der Waals surface area contributed by atoms with Crippen LogP contribution in [0, 0.1) is 0 Å². The molecule has 0 saturated carbocycles. The third-order valence-electron chi connectivity index (χ3n) is 4.00. The number of para-hydroxylation sites is 2. The highest BCUT2D eigenvalue weighted by molar-refractivity contribution is 6.01. The Morgan fingerprint density at radius 3 is 2.58 bits per heavy atom. The lowest BCUT2D eigenvalue weighted by atomic mass is 10.0. The number of carbonyl (C=O) groups excluding carboxylic acids is 1. The summed E-state index contributed by atoms with van der Waals surface area (Å²) >= 11 is 0. The van der Waals surface area contributed by atoms with Crippen molar-refractivity contribution in [3.05, 3.63) is 66.2 Å². The quantitative estimate of drug-likeness (QED) is 0.430. The Balaban J connectivity index is 1.84. The molecule has 2 rings (SSSR count). The van der Waals surface area contributed by atoms with Crippen molar-refractivity contribution in [1.82, 2.24) is 0 Å². The van der Waals surface area contributed by atoms with Crippen molar-refractivity contribution in [1.29, 1.82) is 0 Å². The molecule has 0 bridgehead atoms. The van der Waals surface area contributed by atoms with Crippen molar-refractivity contribution in [2.75, 3.05) is 18.2 Å². The maximum atomic E-state index is 11.9. The number of aromatic hydroxyl groups is 1. The van der Waals surface area contributed by atoms with Gasteiger partial charge in [-0.25, -0.2) is 0 Å². The van der Waals surface area contributed by atoms with Crippen LogP contribution in [0.3, 0.4) is 0 Å². The predicted octanol–water partition coefficient (Wildman–Crippen LogP) is 3.00. The highest BCUT2D eigenvalue weighted by atomic mass is 16.5. The molecule has 0 aliphatic rings. The molecule has 26 heavy (non-hydrogen) atoms. The van der Waals surface area contributed by atoms with Crippen LogP contribution in [-0.2, 0) is 9.53 Å². The van der Waals surface area contributed by atoms with E-state index in [9.17, 15) is 15.0 Å². The van der Waals surface area contributed by atoms with Gasteiger partial charge in [-0.1, -0.05) is 30.3 Å². The Labute approximate surface area is 152 Å². The van der Waals surface area contributed by atoms with Gasteiger partial charge in [0.2, 0.25) is 5.91 Å². The standard InChI is InChI=1S/C20H24N2O4/c1-26-18(20(25)14-10-12-15(23)13-11-14)8-4-5-9-19(24)22-17-7-3-2-6-16(17)21/h2-3,5-7,9-13,18,20,23,25H,4,8,21H2,1H3,(H,22,24)/b9-5+/t18-,20-/m0/s1. The van der Waals surface area contributed by atoms with Gasteiger partial charge in [0.05, 0.1) is 17.5 Å². The molecule has 0 heterocycles. The molecule has 0 fully saturated rings. The number of anilines is 2. The first-order valence-electron chi connectivity index (χ1n) is 8.33. The van der Waals surface area contributed by atoms with Gasteiger partial charge in [0.25, 0.3) is 0 Å². The molecule has 0 saturated heterocycles. The number of hydrogen-bond donors (Lipinski definition) is 4. The Bertz CT molecular complexity index is 744. The third-order valence-corrected chi connectivity index (χ3v) is 4.00. The van der Waals surface area contributed by atoms with Crippen LogP contribution in [0.1, 0.15) is 24.5 Å². The van der Waals surface area contributed by atoms with Crippen molar-refractivity contribution in [3.63, 3.8) is 0 Å². The van der Waals surface area contributed by atoms with E-state index in [4.69, 9.17) is 10.5 Å². The van der Waals surface area contributed by atoms with Crippen molar-refractivity contribution in [2.45, 2.75) is 25.0 Å². The second kappa shape index (κ2) is 9.60. The van der Waals surface area contributed by atoms with Crippen LogP contribution >= 0.6 is 0 Å². The average Bonchev–Trinajstić information content (AvgIpc) is 2.64. The molecule has 2 atom stereocenters. The van der Waals surface area contributed by atoms with E-state index >= 15 is 0 Å². The number of amides is 1. The van der Waals surface area contributed by atoms with Gasteiger partial charge in [-0.15, -0.1) is 0 Å². The summed E-state index contributed by atoms with van der Waals surface area (Å²) in [5, 5.41) is 22.4. The fraction of sp³-hybridized carbons (Fsp3) is 0.250. The first-order valence-corrected chi connectivity index (χ1v) is 8.33. The zero-order chi connectivity index (χ0) is 18.9. The lowest BCUT2D eigenvalue weighted by Crippen LogP contribution is -2.20. The van der Waals surface area contributed by atoms with Crippen LogP contribution in [0.5, 0.6) is 5.75 Å². The SMILES string of the molecule is CO[C@@H](CC/C=C/C(=O)Nc1ccccc1N)[C@@H](O)c1ccc(O)cc1. The number of nitrogens with two attached hydrogens (primary N) is 1. The van der Waals surface area contributed by atoms with Gasteiger partial charge >= 0.3 is 0 Å². The number of nitrogens with one attached hydrogen (secondary N) is 1. The van der Waals surface area contributed by atoms with Crippen molar-refractivity contribution in [3.8, 4) is 5.75 Å². The average molecular weight is 356 g/mol. The Kier molecular flexibility index (Phi) is 7.20. The van der Waals surface area contributed by atoms with Gasteiger partial charge in [-0.3, -0.25) is 4.79 Å². The molecule has 0 unspecified atom stereocenters. The highest BCUT2D eigenvalue weighted by Gasteiger charge is 2.19. The largest absolute Gasteiger partial charge is 0.508 e. The van der Waals surface area contributed by atoms with Gasteiger partial charge in [-0.05, 0) is 48.7 Å². The normalized spacial score (nSPS) is 13.5. The molecule has 6 nitrogen and oxygen atoms in total. The monoisotopic (exact) mass is 356 g/mol. The second-order valence-electron chi connectivity index (χ2n) is 5.87. The summed E-state index contributed by atoms with van der Waals surface area (Å²) in [4.78, 5) is 11.9. The topological polar surface area (TPSA) is 105 Å². The molecular weight excluding hydrogens is 332 g/mol. The highest BCUT2D eigenvalue weighted by Crippen LogP contribution is 2.24. The minimum Gasteiger partial charge on any atom is -0.508 e. The zero-order valence-electron chi connectivity index (χ0n) is 14.6. The van der Waals surface area contributed by atoms with E-state index in [-0.39, 0.29) is 11.7 Å². The van der Waals surface area contributed by atoms with Crippen LogP contribution in [-0.4, -0.2) is 29.3 Å². The number of phenols is 1. The van der Waals surface area contributed by atoms with E-state index in [1.54, 1.807) is 42.5 Å². The molecule has 0 spiro atoms. The lowest BCUT2D eigenvalue weighted by Gasteiger charge is -2.21. The summed E-state index contributed by atoms with van der Waals surface area (Å²) in [6.45, 7) is 0. The number of methoxy groups -OCH3 is 1. The molecule has 2 aromatic rings. The fourth-order valence-corrected chi connectivity index (χ4v) is 2.53.